The van der Waals surface area contributed by atoms with Crippen molar-refractivity contribution in [1.29, 1.82) is 0 Å². The van der Waals surface area contributed by atoms with Crippen LogP contribution in [0.4, 0.5) is 5.95 Å². The van der Waals surface area contributed by atoms with Crippen molar-refractivity contribution in [3.63, 3.8) is 0 Å². The number of hydrogen-bond acceptors (Lipinski definition) is 4. The van der Waals surface area contributed by atoms with Crippen molar-refractivity contribution < 1.29 is 0 Å². The minimum Gasteiger partial charge on any atom is -0.347 e. The fourth-order valence-electron chi connectivity index (χ4n) is 2.47. The number of aromatic nitrogens is 3. The second-order valence-corrected chi connectivity index (χ2v) is 4.68. The predicted octanol–water partition coefficient (Wildman–Crippen LogP) is 1.31. The summed E-state index contributed by atoms with van der Waals surface area (Å²) in [7, 11) is 4.01. The van der Waals surface area contributed by atoms with E-state index in [0.29, 0.717) is 12.6 Å². The molecule has 1 aliphatic rings. The minimum absolute atomic E-state index is 0.470. The molecular weight excluding hydrogens is 202 g/mol. The quantitative estimate of drug-likeness (QED) is 0.839. The molecule has 2 rings (SSSR count). The molecule has 90 valence electrons. The van der Waals surface area contributed by atoms with Gasteiger partial charge in [-0.1, -0.05) is 19.3 Å². The van der Waals surface area contributed by atoms with Crippen molar-refractivity contribution in [2.45, 2.75) is 44.7 Å². The molecule has 1 aromatic rings. The van der Waals surface area contributed by atoms with Crippen molar-refractivity contribution >= 4 is 5.95 Å². The summed E-state index contributed by atoms with van der Waals surface area (Å²) in [6.45, 7) is 0.470. The van der Waals surface area contributed by atoms with Gasteiger partial charge in [-0.05, 0) is 12.8 Å². The lowest BCUT2D eigenvalue weighted by atomic mass is 9.95. The molecule has 0 aliphatic heterocycles. The Balaban J connectivity index is 2.31. The van der Waals surface area contributed by atoms with Crippen LogP contribution >= 0.6 is 0 Å². The molecule has 1 fully saturated rings. The summed E-state index contributed by atoms with van der Waals surface area (Å²) in [5.41, 5.74) is 5.73. The Hall–Kier alpha value is -1.10. The lowest BCUT2D eigenvalue weighted by molar-refractivity contribution is 0.346. The summed E-state index contributed by atoms with van der Waals surface area (Å²) < 4.78 is 2.24. The standard InChI is InChI=1S/C11H21N5/c1-15(2)11-14-13-10(8-12)16(11)9-6-4-3-5-7-9/h9H,3-8,12H2,1-2H3. The van der Waals surface area contributed by atoms with E-state index in [2.05, 4.69) is 14.8 Å². The molecule has 0 spiro atoms. The van der Waals surface area contributed by atoms with E-state index >= 15 is 0 Å². The number of hydrogen-bond donors (Lipinski definition) is 1. The van der Waals surface area contributed by atoms with Gasteiger partial charge in [0.05, 0.1) is 6.54 Å². The van der Waals surface area contributed by atoms with Gasteiger partial charge < -0.3 is 10.6 Å². The van der Waals surface area contributed by atoms with Crippen LogP contribution in [0, 0.1) is 0 Å². The summed E-state index contributed by atoms with van der Waals surface area (Å²) in [6, 6.07) is 0.541. The topological polar surface area (TPSA) is 60.0 Å². The number of rotatable bonds is 3. The maximum absolute atomic E-state index is 5.73. The van der Waals surface area contributed by atoms with Gasteiger partial charge in [-0.2, -0.15) is 0 Å². The molecule has 5 heteroatoms. The van der Waals surface area contributed by atoms with Gasteiger partial charge in [0.1, 0.15) is 5.82 Å². The monoisotopic (exact) mass is 223 g/mol. The number of nitrogens with two attached hydrogens (primary N) is 1. The van der Waals surface area contributed by atoms with Crippen LogP contribution in [0.1, 0.15) is 44.0 Å². The first-order valence-corrected chi connectivity index (χ1v) is 6.05. The Morgan fingerprint density at radius 2 is 1.94 bits per heavy atom. The van der Waals surface area contributed by atoms with Crippen LogP contribution < -0.4 is 10.6 Å². The molecule has 1 heterocycles. The van der Waals surface area contributed by atoms with Crippen molar-refractivity contribution in [2.24, 2.45) is 5.73 Å². The zero-order chi connectivity index (χ0) is 11.5. The summed E-state index contributed by atoms with van der Waals surface area (Å²) in [4.78, 5) is 2.01. The van der Waals surface area contributed by atoms with E-state index in [1.165, 1.54) is 32.1 Å². The molecule has 0 saturated heterocycles. The SMILES string of the molecule is CN(C)c1nnc(CN)n1C1CCCCC1. The highest BCUT2D eigenvalue weighted by Gasteiger charge is 2.22. The molecular formula is C11H21N5. The van der Waals surface area contributed by atoms with Gasteiger partial charge in [-0.25, -0.2) is 0 Å². The molecule has 0 amide bonds. The van der Waals surface area contributed by atoms with Crippen LogP contribution in [0.3, 0.4) is 0 Å². The van der Waals surface area contributed by atoms with E-state index in [1.807, 2.05) is 19.0 Å². The number of anilines is 1. The Morgan fingerprint density at radius 1 is 1.25 bits per heavy atom. The van der Waals surface area contributed by atoms with Crippen LogP contribution in [-0.4, -0.2) is 28.9 Å². The fourth-order valence-corrected chi connectivity index (χ4v) is 2.47. The molecule has 5 nitrogen and oxygen atoms in total. The summed E-state index contributed by atoms with van der Waals surface area (Å²) in [5, 5.41) is 8.40. The highest BCUT2D eigenvalue weighted by molar-refractivity contribution is 5.29. The molecule has 2 N–H and O–H groups in total. The zero-order valence-electron chi connectivity index (χ0n) is 10.2. The van der Waals surface area contributed by atoms with Gasteiger partial charge in [0.25, 0.3) is 0 Å². The van der Waals surface area contributed by atoms with Gasteiger partial charge in [0.15, 0.2) is 0 Å². The Bertz CT molecular complexity index is 338. The molecule has 0 atom stereocenters. The van der Waals surface area contributed by atoms with E-state index in [0.717, 1.165) is 11.8 Å². The van der Waals surface area contributed by atoms with Crippen molar-refractivity contribution in [3.8, 4) is 0 Å². The van der Waals surface area contributed by atoms with Crippen LogP contribution in [-0.2, 0) is 6.54 Å². The van der Waals surface area contributed by atoms with Crippen LogP contribution in [0.5, 0.6) is 0 Å². The lowest BCUT2D eigenvalue weighted by Crippen LogP contribution is -2.22. The first-order valence-electron chi connectivity index (χ1n) is 6.05. The fraction of sp³-hybridized carbons (Fsp3) is 0.818. The molecule has 1 saturated carbocycles. The van der Waals surface area contributed by atoms with Crippen molar-refractivity contribution in [1.82, 2.24) is 14.8 Å². The second kappa shape index (κ2) is 4.82. The summed E-state index contributed by atoms with van der Waals surface area (Å²) in [5.74, 6) is 1.85. The van der Waals surface area contributed by atoms with E-state index in [-0.39, 0.29) is 0 Å². The van der Waals surface area contributed by atoms with Crippen LogP contribution in [0.25, 0.3) is 0 Å². The summed E-state index contributed by atoms with van der Waals surface area (Å²) in [6.07, 6.45) is 6.42. The third-order valence-corrected chi connectivity index (χ3v) is 3.27. The van der Waals surface area contributed by atoms with E-state index in [1.54, 1.807) is 0 Å². The van der Waals surface area contributed by atoms with Gasteiger partial charge in [-0.15, -0.1) is 10.2 Å². The average Bonchev–Trinajstić information content (AvgIpc) is 2.73. The molecule has 1 aliphatic carbocycles. The molecule has 0 bridgehead atoms. The Morgan fingerprint density at radius 3 is 2.50 bits per heavy atom. The third kappa shape index (κ3) is 2.04. The zero-order valence-corrected chi connectivity index (χ0v) is 10.2. The Labute approximate surface area is 96.6 Å². The maximum atomic E-state index is 5.73. The normalized spacial score (nSPS) is 17.7. The highest BCUT2D eigenvalue weighted by atomic mass is 15.4. The van der Waals surface area contributed by atoms with Crippen molar-refractivity contribution in [3.05, 3.63) is 5.82 Å². The highest BCUT2D eigenvalue weighted by Crippen LogP contribution is 2.31. The second-order valence-electron chi connectivity index (χ2n) is 4.68. The molecule has 0 unspecified atom stereocenters. The first kappa shape index (κ1) is 11.4. The maximum Gasteiger partial charge on any atom is 0.227 e. The molecule has 0 radical (unpaired) electrons. The number of nitrogens with zero attached hydrogens (tertiary/aromatic N) is 4. The van der Waals surface area contributed by atoms with E-state index in [9.17, 15) is 0 Å². The average molecular weight is 223 g/mol. The van der Waals surface area contributed by atoms with Gasteiger partial charge in [0.2, 0.25) is 5.95 Å². The van der Waals surface area contributed by atoms with Crippen LogP contribution in [0.15, 0.2) is 0 Å². The lowest BCUT2D eigenvalue weighted by Gasteiger charge is -2.27. The van der Waals surface area contributed by atoms with E-state index < -0.39 is 0 Å². The predicted molar refractivity (Wildman–Crippen MR) is 64.4 cm³/mol. The van der Waals surface area contributed by atoms with Crippen LogP contribution in [0.2, 0.25) is 0 Å². The largest absolute Gasteiger partial charge is 0.347 e. The van der Waals surface area contributed by atoms with Gasteiger partial charge in [-0.3, -0.25) is 4.57 Å². The molecule has 1 aromatic heterocycles. The van der Waals surface area contributed by atoms with Gasteiger partial charge >= 0.3 is 0 Å². The van der Waals surface area contributed by atoms with Gasteiger partial charge in [0, 0.05) is 20.1 Å². The van der Waals surface area contributed by atoms with Crippen molar-refractivity contribution in [2.75, 3.05) is 19.0 Å². The summed E-state index contributed by atoms with van der Waals surface area (Å²) >= 11 is 0. The molecule has 0 aromatic carbocycles. The third-order valence-electron chi connectivity index (χ3n) is 3.27. The first-order chi connectivity index (χ1) is 7.74. The molecule has 16 heavy (non-hydrogen) atoms. The minimum atomic E-state index is 0.470. The Kier molecular flexibility index (Phi) is 3.43. The van der Waals surface area contributed by atoms with E-state index in [4.69, 9.17) is 5.73 Å². The smallest absolute Gasteiger partial charge is 0.227 e.